The molecule has 0 saturated heterocycles. The molecule has 2 fully saturated rings. The number of hydrogen-bond acceptors (Lipinski definition) is 2. The van der Waals surface area contributed by atoms with Gasteiger partial charge in [-0.25, -0.2) is 0 Å². The molecule has 0 aliphatic heterocycles. The Kier molecular flexibility index (Phi) is 8.27. The zero-order chi connectivity index (χ0) is 21.6. The summed E-state index contributed by atoms with van der Waals surface area (Å²) in [5, 5.41) is 3.81. The molecule has 2 nitrogen and oxygen atoms in total. The van der Waals surface area contributed by atoms with E-state index in [4.69, 9.17) is 4.74 Å². The van der Waals surface area contributed by atoms with Crippen molar-refractivity contribution in [3.63, 3.8) is 0 Å². The molecule has 1 aromatic rings. The normalized spacial score (nSPS) is 25.8. The van der Waals surface area contributed by atoms with Gasteiger partial charge in [0.05, 0.1) is 17.9 Å². The molecule has 5 heteroatoms. The lowest BCUT2D eigenvalue weighted by atomic mass is 9.73. The summed E-state index contributed by atoms with van der Waals surface area (Å²) >= 11 is 0. The number of benzene rings is 1. The van der Waals surface area contributed by atoms with Gasteiger partial charge in [0.25, 0.3) is 0 Å². The fraction of sp³-hybridized carbons (Fsp3) is 0.680. The molecule has 3 unspecified atom stereocenters. The smallest absolute Gasteiger partial charge is 0.416 e. The second-order valence-electron chi connectivity index (χ2n) is 9.10. The average Bonchev–Trinajstić information content (AvgIpc) is 2.73. The van der Waals surface area contributed by atoms with Crippen molar-refractivity contribution in [2.24, 2.45) is 11.8 Å². The van der Waals surface area contributed by atoms with Crippen LogP contribution < -0.4 is 5.32 Å². The molecule has 2 saturated carbocycles. The molecule has 0 aromatic heterocycles. The van der Waals surface area contributed by atoms with E-state index in [1.807, 2.05) is 6.92 Å². The van der Waals surface area contributed by atoms with Crippen LogP contribution in [0.1, 0.15) is 81.8 Å². The maximum Gasteiger partial charge on any atom is 0.416 e. The van der Waals surface area contributed by atoms with Crippen molar-refractivity contribution < 1.29 is 17.9 Å². The number of alkyl halides is 3. The molecule has 0 spiro atoms. The third-order valence-electron chi connectivity index (χ3n) is 6.88. The van der Waals surface area contributed by atoms with Crippen molar-refractivity contribution >= 4 is 0 Å². The summed E-state index contributed by atoms with van der Waals surface area (Å²) in [5.41, 5.74) is 0.436. The van der Waals surface area contributed by atoms with E-state index in [2.05, 4.69) is 11.9 Å². The van der Waals surface area contributed by atoms with Crippen LogP contribution in [0.15, 0.2) is 36.6 Å². The van der Waals surface area contributed by atoms with Crippen LogP contribution in [-0.4, -0.2) is 19.2 Å². The Morgan fingerprint density at radius 2 is 1.73 bits per heavy atom. The lowest BCUT2D eigenvalue weighted by molar-refractivity contribution is -0.137. The van der Waals surface area contributed by atoms with Gasteiger partial charge in [-0.2, -0.15) is 13.2 Å². The molecule has 0 heterocycles. The SMILES string of the molecule is C=C(CC1CCC(NCC2CCCCC2)C(c2ccc(C(F)(F)F)cc2)C1)OCC. The first-order valence-corrected chi connectivity index (χ1v) is 11.6. The Balaban J connectivity index is 1.69. The molecule has 30 heavy (non-hydrogen) atoms. The van der Waals surface area contributed by atoms with E-state index in [9.17, 15) is 13.2 Å². The Morgan fingerprint density at radius 3 is 2.37 bits per heavy atom. The van der Waals surface area contributed by atoms with Crippen LogP contribution in [0.4, 0.5) is 13.2 Å². The van der Waals surface area contributed by atoms with Gasteiger partial charge >= 0.3 is 6.18 Å². The molecule has 168 valence electrons. The summed E-state index contributed by atoms with van der Waals surface area (Å²) in [4.78, 5) is 0. The van der Waals surface area contributed by atoms with Crippen LogP contribution in [0, 0.1) is 11.8 Å². The van der Waals surface area contributed by atoms with Gasteiger partial charge in [0.1, 0.15) is 0 Å². The number of nitrogens with one attached hydrogen (secondary N) is 1. The van der Waals surface area contributed by atoms with E-state index in [0.29, 0.717) is 18.6 Å². The van der Waals surface area contributed by atoms with Crippen LogP contribution in [-0.2, 0) is 10.9 Å². The van der Waals surface area contributed by atoms with Crippen LogP contribution >= 0.6 is 0 Å². The summed E-state index contributed by atoms with van der Waals surface area (Å²) in [6.45, 7) is 7.64. The highest BCUT2D eigenvalue weighted by Crippen LogP contribution is 2.40. The van der Waals surface area contributed by atoms with Gasteiger partial charge in [0.15, 0.2) is 0 Å². The summed E-state index contributed by atoms with van der Waals surface area (Å²) in [5.74, 6) is 2.25. The number of rotatable bonds is 8. The first kappa shape index (κ1) is 23.2. The van der Waals surface area contributed by atoms with E-state index < -0.39 is 11.7 Å². The van der Waals surface area contributed by atoms with E-state index in [0.717, 1.165) is 49.5 Å². The van der Waals surface area contributed by atoms with Gasteiger partial charge in [-0.05, 0) is 81.0 Å². The molecule has 2 aliphatic carbocycles. The quantitative estimate of drug-likeness (QED) is 0.452. The molecular weight excluding hydrogens is 387 g/mol. The van der Waals surface area contributed by atoms with Gasteiger partial charge in [0.2, 0.25) is 0 Å². The van der Waals surface area contributed by atoms with Gasteiger partial charge in [-0.15, -0.1) is 0 Å². The number of allylic oxidation sites excluding steroid dienone is 1. The molecule has 3 rings (SSSR count). The minimum absolute atomic E-state index is 0.226. The highest BCUT2D eigenvalue weighted by molar-refractivity contribution is 5.28. The highest BCUT2D eigenvalue weighted by Gasteiger charge is 2.34. The first-order valence-electron chi connectivity index (χ1n) is 11.6. The Morgan fingerprint density at radius 1 is 1.03 bits per heavy atom. The van der Waals surface area contributed by atoms with Gasteiger partial charge in [0, 0.05) is 12.5 Å². The van der Waals surface area contributed by atoms with Crippen LogP contribution in [0.2, 0.25) is 0 Å². The monoisotopic (exact) mass is 423 g/mol. The molecular formula is C25H36F3NO. The molecule has 1 aromatic carbocycles. The van der Waals surface area contributed by atoms with Gasteiger partial charge in [-0.3, -0.25) is 0 Å². The minimum Gasteiger partial charge on any atom is -0.499 e. The van der Waals surface area contributed by atoms with Crippen molar-refractivity contribution in [3.8, 4) is 0 Å². The highest BCUT2D eigenvalue weighted by atomic mass is 19.4. The second-order valence-corrected chi connectivity index (χ2v) is 9.10. The Bertz CT molecular complexity index is 664. The third kappa shape index (κ3) is 6.50. The number of hydrogen-bond donors (Lipinski definition) is 1. The second kappa shape index (κ2) is 10.7. The number of ether oxygens (including phenoxy) is 1. The largest absolute Gasteiger partial charge is 0.499 e. The zero-order valence-corrected chi connectivity index (χ0v) is 18.1. The molecule has 1 N–H and O–H groups in total. The standard InChI is InChI=1S/C25H36F3NO/c1-3-30-18(2)15-20-9-14-24(29-17-19-7-5-4-6-8-19)23(16-20)21-10-12-22(13-11-21)25(26,27)28/h10-13,19-20,23-24,29H,2-9,14-17H2,1H3. The topological polar surface area (TPSA) is 21.3 Å². The summed E-state index contributed by atoms with van der Waals surface area (Å²) in [6, 6.07) is 6.15. The van der Waals surface area contributed by atoms with Crippen molar-refractivity contribution in [1.29, 1.82) is 0 Å². The van der Waals surface area contributed by atoms with E-state index in [-0.39, 0.29) is 5.92 Å². The molecule has 0 radical (unpaired) electrons. The predicted molar refractivity (Wildman–Crippen MR) is 115 cm³/mol. The van der Waals surface area contributed by atoms with E-state index in [1.165, 1.54) is 44.2 Å². The van der Waals surface area contributed by atoms with Crippen molar-refractivity contribution in [3.05, 3.63) is 47.7 Å². The first-order chi connectivity index (χ1) is 14.4. The third-order valence-corrected chi connectivity index (χ3v) is 6.88. The molecule has 0 amide bonds. The minimum atomic E-state index is -4.29. The van der Waals surface area contributed by atoms with Crippen molar-refractivity contribution in [1.82, 2.24) is 5.32 Å². The van der Waals surface area contributed by atoms with Crippen molar-refractivity contribution in [2.45, 2.75) is 82.8 Å². The fourth-order valence-electron chi connectivity index (χ4n) is 5.27. The van der Waals surface area contributed by atoms with Crippen LogP contribution in [0.3, 0.4) is 0 Å². The van der Waals surface area contributed by atoms with Crippen molar-refractivity contribution in [2.75, 3.05) is 13.2 Å². The lowest BCUT2D eigenvalue weighted by Gasteiger charge is -2.38. The Labute approximate surface area is 179 Å². The molecule has 0 bridgehead atoms. The predicted octanol–water partition coefficient (Wildman–Crippen LogP) is 7.07. The van der Waals surface area contributed by atoms with E-state index in [1.54, 1.807) is 12.1 Å². The van der Waals surface area contributed by atoms with Crippen LogP contribution in [0.25, 0.3) is 0 Å². The van der Waals surface area contributed by atoms with Gasteiger partial charge < -0.3 is 10.1 Å². The molecule has 2 aliphatic rings. The molecule has 3 atom stereocenters. The lowest BCUT2D eigenvalue weighted by Crippen LogP contribution is -2.42. The van der Waals surface area contributed by atoms with E-state index >= 15 is 0 Å². The maximum atomic E-state index is 13.0. The Hall–Kier alpha value is -1.49. The summed E-state index contributed by atoms with van der Waals surface area (Å²) in [7, 11) is 0. The fourth-order valence-corrected chi connectivity index (χ4v) is 5.27. The van der Waals surface area contributed by atoms with Gasteiger partial charge in [-0.1, -0.05) is 38.0 Å². The summed E-state index contributed by atoms with van der Waals surface area (Å²) in [6.07, 6.45) is 6.22. The number of halogens is 3. The maximum absolute atomic E-state index is 13.0. The average molecular weight is 424 g/mol. The zero-order valence-electron chi connectivity index (χ0n) is 18.1. The summed E-state index contributed by atoms with van der Waals surface area (Å²) < 4.78 is 44.6. The van der Waals surface area contributed by atoms with Crippen LogP contribution in [0.5, 0.6) is 0 Å².